The van der Waals surface area contributed by atoms with Gasteiger partial charge in [-0.05, 0) is 44.0 Å². The molecule has 0 spiro atoms. The summed E-state index contributed by atoms with van der Waals surface area (Å²) in [6.45, 7) is 7.75. The largest absolute Gasteiger partial charge is 0.442 e. The Hall–Kier alpha value is -3.52. The van der Waals surface area contributed by atoms with E-state index in [-0.39, 0.29) is 18.6 Å². The standard InChI is InChI=1S/C23H22N4O3S/c1-14-10-15(2)20(16(3)11-14)27(17(4)28)22-24-19(13-31-22)12-29-23-26-25-21(30-23)18-8-6-5-7-9-18/h5-11,13H,12H2,1-4H3. The molecule has 8 heteroatoms. The van der Waals surface area contributed by atoms with Gasteiger partial charge in [-0.3, -0.25) is 9.69 Å². The first-order valence-corrected chi connectivity index (χ1v) is 10.6. The van der Waals surface area contributed by atoms with Crippen molar-refractivity contribution in [2.45, 2.75) is 34.3 Å². The Labute approximate surface area is 184 Å². The van der Waals surface area contributed by atoms with E-state index in [1.54, 1.807) is 11.8 Å². The summed E-state index contributed by atoms with van der Waals surface area (Å²) in [5.41, 5.74) is 5.57. The van der Waals surface area contributed by atoms with Gasteiger partial charge in [-0.2, -0.15) is 0 Å². The van der Waals surface area contributed by atoms with Crippen molar-refractivity contribution in [3.05, 3.63) is 70.2 Å². The Kier molecular flexibility index (Phi) is 5.81. The highest BCUT2D eigenvalue weighted by molar-refractivity contribution is 7.14. The predicted octanol–water partition coefficient (Wildman–Crippen LogP) is 5.38. The molecule has 4 aromatic rings. The van der Waals surface area contributed by atoms with Crippen molar-refractivity contribution in [2.24, 2.45) is 0 Å². The first-order chi connectivity index (χ1) is 14.9. The fourth-order valence-electron chi connectivity index (χ4n) is 3.48. The number of thiazole rings is 1. The number of hydrogen-bond donors (Lipinski definition) is 0. The summed E-state index contributed by atoms with van der Waals surface area (Å²) >= 11 is 1.39. The number of anilines is 2. The number of hydrogen-bond acceptors (Lipinski definition) is 7. The summed E-state index contributed by atoms with van der Waals surface area (Å²) in [5, 5.41) is 10.4. The topological polar surface area (TPSA) is 81.4 Å². The Morgan fingerprint density at radius 3 is 2.48 bits per heavy atom. The molecule has 0 unspecified atom stereocenters. The van der Waals surface area contributed by atoms with Crippen molar-refractivity contribution in [3.63, 3.8) is 0 Å². The van der Waals surface area contributed by atoms with Crippen LogP contribution in [0.2, 0.25) is 0 Å². The second-order valence-electron chi connectivity index (χ2n) is 7.25. The zero-order chi connectivity index (χ0) is 22.0. The number of carbonyl (C=O) groups is 1. The van der Waals surface area contributed by atoms with Crippen LogP contribution >= 0.6 is 11.3 Å². The molecule has 0 saturated carbocycles. The molecule has 2 aromatic heterocycles. The van der Waals surface area contributed by atoms with Crippen molar-refractivity contribution < 1.29 is 13.9 Å². The fourth-order valence-corrected chi connectivity index (χ4v) is 4.34. The summed E-state index contributed by atoms with van der Waals surface area (Å²) in [4.78, 5) is 18.7. The van der Waals surface area contributed by atoms with E-state index in [2.05, 4.69) is 27.3 Å². The number of aryl methyl sites for hydroxylation is 3. The van der Waals surface area contributed by atoms with Crippen molar-refractivity contribution >= 4 is 28.1 Å². The monoisotopic (exact) mass is 434 g/mol. The number of benzene rings is 2. The number of aromatic nitrogens is 3. The maximum atomic E-state index is 12.5. The lowest BCUT2D eigenvalue weighted by atomic mass is 10.0. The Morgan fingerprint density at radius 1 is 1.10 bits per heavy atom. The van der Waals surface area contributed by atoms with E-state index < -0.39 is 0 Å². The average Bonchev–Trinajstić information content (AvgIpc) is 3.39. The van der Waals surface area contributed by atoms with Crippen LogP contribution < -0.4 is 9.64 Å². The van der Waals surface area contributed by atoms with Crippen LogP contribution in [0.5, 0.6) is 6.08 Å². The van der Waals surface area contributed by atoms with Gasteiger partial charge < -0.3 is 9.15 Å². The molecule has 0 aliphatic heterocycles. The number of carbonyl (C=O) groups excluding carboxylic acids is 1. The second kappa shape index (κ2) is 8.69. The van der Waals surface area contributed by atoms with Gasteiger partial charge in [-0.15, -0.1) is 16.4 Å². The first-order valence-electron chi connectivity index (χ1n) is 9.77. The molecular formula is C23H22N4O3S. The molecule has 0 atom stereocenters. The van der Waals surface area contributed by atoms with Gasteiger partial charge in [0, 0.05) is 17.9 Å². The summed E-state index contributed by atoms with van der Waals surface area (Å²) < 4.78 is 11.2. The Balaban J connectivity index is 1.51. The summed E-state index contributed by atoms with van der Waals surface area (Å²) in [7, 11) is 0. The van der Waals surface area contributed by atoms with Crippen molar-refractivity contribution in [3.8, 4) is 17.5 Å². The highest BCUT2D eigenvalue weighted by Gasteiger charge is 2.22. The molecule has 31 heavy (non-hydrogen) atoms. The van der Waals surface area contributed by atoms with Gasteiger partial charge in [0.05, 0.1) is 11.4 Å². The molecule has 0 bridgehead atoms. The zero-order valence-electron chi connectivity index (χ0n) is 17.7. The highest BCUT2D eigenvalue weighted by atomic mass is 32.1. The minimum atomic E-state index is -0.0960. The number of rotatable bonds is 6. The van der Waals surface area contributed by atoms with E-state index in [1.807, 2.05) is 56.5 Å². The highest BCUT2D eigenvalue weighted by Crippen LogP contribution is 2.34. The van der Waals surface area contributed by atoms with Crippen LogP contribution in [0.25, 0.3) is 11.5 Å². The maximum absolute atomic E-state index is 12.5. The smallest absolute Gasteiger partial charge is 0.415 e. The van der Waals surface area contributed by atoms with Crippen LogP contribution in [0, 0.1) is 20.8 Å². The Morgan fingerprint density at radius 2 is 1.81 bits per heavy atom. The first kappa shape index (κ1) is 20.7. The molecule has 0 aliphatic carbocycles. The van der Waals surface area contributed by atoms with E-state index in [9.17, 15) is 4.79 Å². The van der Waals surface area contributed by atoms with Crippen molar-refractivity contribution in [2.75, 3.05) is 4.90 Å². The molecule has 2 heterocycles. The third kappa shape index (κ3) is 4.49. The third-order valence-electron chi connectivity index (χ3n) is 4.68. The van der Waals surface area contributed by atoms with Crippen LogP contribution in [0.3, 0.4) is 0 Å². The van der Waals surface area contributed by atoms with Crippen molar-refractivity contribution in [1.29, 1.82) is 0 Å². The lowest BCUT2D eigenvalue weighted by Crippen LogP contribution is -2.24. The van der Waals surface area contributed by atoms with E-state index in [4.69, 9.17) is 9.15 Å². The fraction of sp³-hybridized carbons (Fsp3) is 0.217. The minimum absolute atomic E-state index is 0.0713. The molecule has 158 valence electrons. The number of nitrogens with zero attached hydrogens (tertiary/aromatic N) is 4. The van der Waals surface area contributed by atoms with E-state index in [0.29, 0.717) is 16.7 Å². The van der Waals surface area contributed by atoms with Gasteiger partial charge in [-0.25, -0.2) is 4.98 Å². The lowest BCUT2D eigenvalue weighted by molar-refractivity contribution is -0.115. The SMILES string of the molecule is CC(=O)N(c1nc(COc2nnc(-c3ccccc3)o2)cs1)c1c(C)cc(C)cc1C. The molecular weight excluding hydrogens is 412 g/mol. The minimum Gasteiger partial charge on any atom is -0.442 e. The molecule has 0 N–H and O–H groups in total. The molecule has 0 radical (unpaired) electrons. The molecule has 2 aromatic carbocycles. The van der Waals surface area contributed by atoms with E-state index in [1.165, 1.54) is 11.3 Å². The van der Waals surface area contributed by atoms with E-state index >= 15 is 0 Å². The summed E-state index contributed by atoms with van der Waals surface area (Å²) in [6, 6.07) is 13.6. The van der Waals surface area contributed by atoms with Crippen LogP contribution in [-0.2, 0) is 11.4 Å². The van der Waals surface area contributed by atoms with Crippen LogP contribution in [0.1, 0.15) is 29.3 Å². The molecule has 4 rings (SSSR count). The summed E-state index contributed by atoms with van der Waals surface area (Å²) in [5.74, 6) is 0.295. The zero-order valence-corrected chi connectivity index (χ0v) is 18.6. The van der Waals surface area contributed by atoms with Crippen molar-refractivity contribution in [1.82, 2.24) is 15.2 Å². The van der Waals surface area contributed by atoms with Gasteiger partial charge in [-0.1, -0.05) is 41.0 Å². The predicted molar refractivity (Wildman–Crippen MR) is 120 cm³/mol. The molecule has 0 aliphatic rings. The molecule has 7 nitrogen and oxygen atoms in total. The summed E-state index contributed by atoms with van der Waals surface area (Å²) in [6.07, 6.45) is 0.0713. The quantitative estimate of drug-likeness (QED) is 0.405. The van der Waals surface area contributed by atoms with Gasteiger partial charge in [0.25, 0.3) is 5.89 Å². The molecule has 0 fully saturated rings. The van der Waals surface area contributed by atoms with Gasteiger partial charge in [0.15, 0.2) is 5.13 Å². The maximum Gasteiger partial charge on any atom is 0.415 e. The average molecular weight is 435 g/mol. The number of amides is 1. The number of ether oxygens (including phenoxy) is 1. The van der Waals surface area contributed by atoms with Gasteiger partial charge >= 0.3 is 6.08 Å². The third-order valence-corrected chi connectivity index (χ3v) is 5.55. The van der Waals surface area contributed by atoms with Crippen LogP contribution in [-0.4, -0.2) is 21.1 Å². The lowest BCUT2D eigenvalue weighted by Gasteiger charge is -2.23. The van der Waals surface area contributed by atoms with Crippen LogP contribution in [0.15, 0.2) is 52.3 Å². The van der Waals surface area contributed by atoms with Crippen LogP contribution in [0.4, 0.5) is 10.8 Å². The molecule has 1 amide bonds. The molecule has 0 saturated heterocycles. The normalized spacial score (nSPS) is 10.8. The van der Waals surface area contributed by atoms with Gasteiger partial charge in [0.2, 0.25) is 5.91 Å². The second-order valence-corrected chi connectivity index (χ2v) is 8.09. The Bertz CT molecular complexity index is 1190. The van der Waals surface area contributed by atoms with Gasteiger partial charge in [0.1, 0.15) is 6.61 Å². The van der Waals surface area contributed by atoms with E-state index in [0.717, 1.165) is 27.9 Å².